The van der Waals surface area contributed by atoms with Crippen molar-refractivity contribution in [2.75, 3.05) is 0 Å². The minimum Gasteiger partial charge on any atom is -0.504 e. The van der Waals surface area contributed by atoms with Gasteiger partial charge in [0.25, 0.3) is 0 Å². The third kappa shape index (κ3) is 5.43. The SMILES string of the molecule is O=C(O)c1cc(O)c(O)c(O)c1.O=C(O)c1cc(O)c(O)c(O)c1.[Ru]. The first-order valence-electron chi connectivity index (χ1n) is 6.01. The van der Waals surface area contributed by atoms with Crippen LogP contribution in [0.3, 0.4) is 0 Å². The van der Waals surface area contributed by atoms with Gasteiger partial charge in [-0.2, -0.15) is 0 Å². The van der Waals surface area contributed by atoms with Crippen molar-refractivity contribution in [1.82, 2.24) is 0 Å². The monoisotopic (exact) mass is 442 g/mol. The van der Waals surface area contributed by atoms with E-state index in [0.29, 0.717) is 0 Å². The Kier molecular flexibility index (Phi) is 7.50. The zero-order chi connectivity index (χ0) is 18.6. The summed E-state index contributed by atoms with van der Waals surface area (Å²) in [7, 11) is 0. The largest absolute Gasteiger partial charge is 0.504 e. The van der Waals surface area contributed by atoms with Crippen LogP contribution in [0.4, 0.5) is 0 Å². The van der Waals surface area contributed by atoms with E-state index in [1.165, 1.54) is 0 Å². The summed E-state index contributed by atoms with van der Waals surface area (Å²) in [4.78, 5) is 20.6. The zero-order valence-electron chi connectivity index (χ0n) is 12.1. The third-order valence-corrected chi connectivity index (χ3v) is 2.63. The number of carboxylic acids is 2. The smallest absolute Gasteiger partial charge is 0.335 e. The maximum atomic E-state index is 10.3. The van der Waals surface area contributed by atoms with Gasteiger partial charge in [-0.1, -0.05) is 0 Å². The molecular weight excluding hydrogens is 429 g/mol. The molecule has 0 fully saturated rings. The molecule has 0 heterocycles. The Balaban J connectivity index is 0.000000443. The zero-order valence-corrected chi connectivity index (χ0v) is 13.8. The number of hydrogen-bond donors (Lipinski definition) is 8. The van der Waals surface area contributed by atoms with Crippen molar-refractivity contribution in [3.8, 4) is 34.5 Å². The van der Waals surface area contributed by atoms with Crippen LogP contribution in [0, 0.1) is 0 Å². The van der Waals surface area contributed by atoms with Gasteiger partial charge in [-0.3, -0.25) is 0 Å². The standard InChI is InChI=1S/2C7H6O5.Ru/c2*8-4-1-3(7(11)12)2-5(9)6(4)10;/h2*1-2,8-10H,(H,11,12);. The van der Waals surface area contributed by atoms with Crippen LogP contribution in [-0.4, -0.2) is 52.8 Å². The molecule has 0 radical (unpaired) electrons. The Hall–Kier alpha value is -3.20. The number of carbonyl (C=O) groups is 2. The minimum absolute atomic E-state index is 0. The van der Waals surface area contributed by atoms with Crippen molar-refractivity contribution in [1.29, 1.82) is 0 Å². The number of phenolic OH excluding ortho intramolecular Hbond substituents is 6. The molecule has 0 aromatic heterocycles. The number of aromatic carboxylic acids is 2. The van der Waals surface area contributed by atoms with Gasteiger partial charge in [-0.05, 0) is 24.3 Å². The van der Waals surface area contributed by atoms with Crippen LogP contribution in [0.15, 0.2) is 24.3 Å². The molecule has 0 unspecified atom stereocenters. The first kappa shape index (κ1) is 21.8. The summed E-state index contributed by atoms with van der Waals surface area (Å²) in [5.74, 6) is -6.67. The molecule has 0 saturated heterocycles. The first-order chi connectivity index (χ1) is 11.0. The molecule has 10 nitrogen and oxygen atoms in total. The fraction of sp³-hybridized carbons (Fsp3) is 0. The molecule has 0 aliphatic carbocycles. The normalized spacial score (nSPS) is 9.28. The molecule has 0 saturated carbocycles. The second kappa shape index (κ2) is 8.60. The molecule has 0 aliphatic rings. The molecule has 8 N–H and O–H groups in total. The molecule has 11 heteroatoms. The van der Waals surface area contributed by atoms with Crippen molar-refractivity contribution < 1.29 is 69.9 Å². The van der Waals surface area contributed by atoms with Gasteiger partial charge in [-0.25, -0.2) is 9.59 Å². The number of phenols is 6. The number of aromatic hydroxyl groups is 6. The topological polar surface area (TPSA) is 196 Å². The number of benzene rings is 2. The Morgan fingerprint density at radius 3 is 0.920 bits per heavy atom. The van der Waals surface area contributed by atoms with Crippen LogP contribution in [0.5, 0.6) is 34.5 Å². The average molecular weight is 441 g/mol. The number of hydrogen-bond acceptors (Lipinski definition) is 8. The van der Waals surface area contributed by atoms with Crippen molar-refractivity contribution in [2.24, 2.45) is 0 Å². The van der Waals surface area contributed by atoms with Gasteiger partial charge < -0.3 is 40.9 Å². The van der Waals surface area contributed by atoms with Crippen LogP contribution in [0.2, 0.25) is 0 Å². The van der Waals surface area contributed by atoms with E-state index in [-0.39, 0.29) is 30.6 Å². The van der Waals surface area contributed by atoms with Crippen LogP contribution < -0.4 is 0 Å². The van der Waals surface area contributed by atoms with E-state index in [1.807, 2.05) is 0 Å². The molecule has 0 aliphatic heterocycles. The van der Waals surface area contributed by atoms with Crippen LogP contribution in [0.25, 0.3) is 0 Å². The Labute approximate surface area is 152 Å². The summed E-state index contributed by atoms with van der Waals surface area (Å²) in [6.07, 6.45) is 0. The fourth-order valence-corrected chi connectivity index (χ4v) is 1.46. The van der Waals surface area contributed by atoms with Crippen molar-refractivity contribution in [2.45, 2.75) is 0 Å². The summed E-state index contributed by atoms with van der Waals surface area (Å²) in [6, 6.07) is 3.38. The molecular formula is C14H12O10Ru. The minimum atomic E-state index is -1.29. The van der Waals surface area contributed by atoms with E-state index in [4.69, 9.17) is 40.9 Å². The van der Waals surface area contributed by atoms with Gasteiger partial charge in [0.1, 0.15) is 0 Å². The van der Waals surface area contributed by atoms with Gasteiger partial charge in [0, 0.05) is 19.5 Å². The quantitative estimate of drug-likeness (QED) is 0.246. The molecule has 2 rings (SSSR count). The Morgan fingerprint density at radius 1 is 0.560 bits per heavy atom. The third-order valence-electron chi connectivity index (χ3n) is 2.63. The maximum absolute atomic E-state index is 10.3. The number of rotatable bonds is 2. The van der Waals surface area contributed by atoms with Gasteiger partial charge in [0.2, 0.25) is 0 Å². The Morgan fingerprint density at radius 2 is 0.760 bits per heavy atom. The summed E-state index contributed by atoms with van der Waals surface area (Å²) in [5.41, 5.74) is -0.578. The van der Waals surface area contributed by atoms with E-state index in [2.05, 4.69) is 0 Å². The van der Waals surface area contributed by atoms with E-state index >= 15 is 0 Å². The molecule has 0 bridgehead atoms. The van der Waals surface area contributed by atoms with E-state index in [1.54, 1.807) is 0 Å². The molecule has 0 amide bonds. The van der Waals surface area contributed by atoms with E-state index in [0.717, 1.165) is 24.3 Å². The van der Waals surface area contributed by atoms with Gasteiger partial charge in [0.15, 0.2) is 34.5 Å². The average Bonchev–Trinajstić information content (AvgIpc) is 2.49. The van der Waals surface area contributed by atoms with Crippen molar-refractivity contribution in [3.05, 3.63) is 35.4 Å². The van der Waals surface area contributed by atoms with Crippen molar-refractivity contribution in [3.63, 3.8) is 0 Å². The number of carboxylic acid groups (broad SMARTS) is 2. The molecule has 0 spiro atoms. The van der Waals surface area contributed by atoms with Gasteiger partial charge >= 0.3 is 11.9 Å². The second-order valence-corrected chi connectivity index (χ2v) is 4.34. The molecule has 0 atom stereocenters. The molecule has 136 valence electrons. The first-order valence-corrected chi connectivity index (χ1v) is 6.01. The molecule has 25 heavy (non-hydrogen) atoms. The van der Waals surface area contributed by atoms with Crippen LogP contribution >= 0.6 is 0 Å². The van der Waals surface area contributed by atoms with Gasteiger partial charge in [0.05, 0.1) is 11.1 Å². The summed E-state index contributed by atoms with van der Waals surface area (Å²) >= 11 is 0. The summed E-state index contributed by atoms with van der Waals surface area (Å²) < 4.78 is 0. The summed E-state index contributed by atoms with van der Waals surface area (Å²) in [5, 5.41) is 69.9. The van der Waals surface area contributed by atoms with Crippen LogP contribution in [0.1, 0.15) is 20.7 Å². The second-order valence-electron chi connectivity index (χ2n) is 4.34. The van der Waals surface area contributed by atoms with E-state index < -0.39 is 46.4 Å². The predicted octanol–water partition coefficient (Wildman–Crippen LogP) is 1.00. The molecule has 2 aromatic carbocycles. The van der Waals surface area contributed by atoms with Crippen LogP contribution in [-0.2, 0) is 19.5 Å². The van der Waals surface area contributed by atoms with Gasteiger partial charge in [-0.15, -0.1) is 0 Å². The predicted molar refractivity (Wildman–Crippen MR) is 76.8 cm³/mol. The van der Waals surface area contributed by atoms with E-state index in [9.17, 15) is 9.59 Å². The van der Waals surface area contributed by atoms with Crippen molar-refractivity contribution >= 4 is 11.9 Å². The fourth-order valence-electron chi connectivity index (χ4n) is 1.46. The Bertz CT molecular complexity index is 689. The maximum Gasteiger partial charge on any atom is 0.335 e. The molecule has 2 aromatic rings. The summed E-state index contributed by atoms with van der Waals surface area (Å²) in [6.45, 7) is 0.